The van der Waals surface area contributed by atoms with Gasteiger partial charge in [0, 0.05) is 13.0 Å². The van der Waals surface area contributed by atoms with Crippen LogP contribution in [-0.4, -0.2) is 20.7 Å². The molecule has 0 heterocycles. The molecule has 0 aliphatic heterocycles. The number of rotatable bonds is 5. The van der Waals surface area contributed by atoms with Crippen molar-refractivity contribution in [1.82, 2.24) is 0 Å². The maximum absolute atomic E-state index is 11.3. The predicted molar refractivity (Wildman–Crippen MR) is 88.3 cm³/mol. The van der Waals surface area contributed by atoms with E-state index in [1.54, 1.807) is 6.08 Å². The molecule has 20 heavy (non-hydrogen) atoms. The van der Waals surface area contributed by atoms with Gasteiger partial charge in [0.15, 0.2) is 14.1 Å². The smallest absolute Gasteiger partial charge is 0.191 e. The van der Waals surface area contributed by atoms with Gasteiger partial charge in [-0.15, -0.1) is 0 Å². The quantitative estimate of drug-likeness (QED) is 0.680. The molecule has 116 valence electrons. The monoisotopic (exact) mass is 296 g/mol. The third-order valence-corrected chi connectivity index (χ3v) is 9.60. The summed E-state index contributed by atoms with van der Waals surface area (Å²) >= 11 is 0. The second-order valence-electron chi connectivity index (χ2n) is 8.01. The van der Waals surface area contributed by atoms with Gasteiger partial charge in [0.1, 0.15) is 0 Å². The zero-order valence-electron chi connectivity index (χ0n) is 14.3. The molecular weight excluding hydrogens is 264 g/mol. The Morgan fingerprint density at radius 3 is 2.35 bits per heavy atom. The number of ketones is 1. The minimum Gasteiger partial charge on any atom is -0.417 e. The second kappa shape index (κ2) is 6.57. The summed E-state index contributed by atoms with van der Waals surface area (Å²) in [5.74, 6) is 1.88. The van der Waals surface area contributed by atoms with Gasteiger partial charge in [-0.2, -0.15) is 0 Å². The van der Waals surface area contributed by atoms with Crippen LogP contribution in [0.25, 0.3) is 0 Å². The summed E-state index contributed by atoms with van der Waals surface area (Å²) in [4.78, 5) is 11.3. The molecular formula is C17H32O2Si. The lowest BCUT2D eigenvalue weighted by Crippen LogP contribution is -2.43. The van der Waals surface area contributed by atoms with Crippen LogP contribution in [-0.2, 0) is 9.22 Å². The molecule has 1 aliphatic carbocycles. The van der Waals surface area contributed by atoms with E-state index in [9.17, 15) is 4.79 Å². The van der Waals surface area contributed by atoms with Gasteiger partial charge in [-0.25, -0.2) is 0 Å². The van der Waals surface area contributed by atoms with E-state index in [1.165, 1.54) is 0 Å². The van der Waals surface area contributed by atoms with Crippen molar-refractivity contribution in [1.29, 1.82) is 0 Å². The van der Waals surface area contributed by atoms with Crippen LogP contribution in [0.3, 0.4) is 0 Å². The molecule has 0 amide bonds. The molecule has 0 saturated heterocycles. The summed E-state index contributed by atoms with van der Waals surface area (Å²) in [6.07, 6.45) is 5.57. The SMILES string of the molecule is CC(C)[C@@H](CO[Si](C)(C)C(C)(C)C)[C@@H]1C=CC(=O)CC1. The summed E-state index contributed by atoms with van der Waals surface area (Å²) in [7, 11) is -1.68. The average Bonchev–Trinajstić information content (AvgIpc) is 2.29. The Labute approximate surface area is 126 Å². The van der Waals surface area contributed by atoms with E-state index in [-0.39, 0.29) is 10.8 Å². The first-order chi connectivity index (χ1) is 9.04. The largest absolute Gasteiger partial charge is 0.417 e. The number of allylic oxidation sites excluding steroid dienone is 2. The number of hydrogen-bond donors (Lipinski definition) is 0. The molecule has 1 rings (SSSR count). The van der Waals surface area contributed by atoms with Gasteiger partial charge in [-0.3, -0.25) is 4.79 Å². The lowest BCUT2D eigenvalue weighted by Gasteiger charge is -2.39. The zero-order valence-corrected chi connectivity index (χ0v) is 15.3. The van der Waals surface area contributed by atoms with Crippen molar-refractivity contribution in [3.63, 3.8) is 0 Å². The van der Waals surface area contributed by atoms with Gasteiger partial charge < -0.3 is 4.43 Å². The lowest BCUT2D eigenvalue weighted by atomic mass is 9.79. The van der Waals surface area contributed by atoms with Crippen LogP contribution >= 0.6 is 0 Å². The van der Waals surface area contributed by atoms with Crippen LogP contribution in [0.5, 0.6) is 0 Å². The molecule has 0 unspecified atom stereocenters. The molecule has 0 aromatic carbocycles. The van der Waals surface area contributed by atoms with E-state index in [0.29, 0.717) is 24.2 Å². The van der Waals surface area contributed by atoms with Crippen LogP contribution in [0.2, 0.25) is 18.1 Å². The fourth-order valence-electron chi connectivity index (χ4n) is 2.41. The van der Waals surface area contributed by atoms with Crippen molar-refractivity contribution in [2.24, 2.45) is 17.8 Å². The molecule has 0 N–H and O–H groups in total. The van der Waals surface area contributed by atoms with Crippen molar-refractivity contribution in [3.05, 3.63) is 12.2 Å². The Kier molecular flexibility index (Phi) is 5.79. The highest BCUT2D eigenvalue weighted by atomic mass is 28.4. The van der Waals surface area contributed by atoms with Crippen molar-refractivity contribution >= 4 is 14.1 Å². The molecule has 0 aromatic rings. The van der Waals surface area contributed by atoms with Gasteiger partial charge in [0.2, 0.25) is 0 Å². The highest BCUT2D eigenvalue weighted by Gasteiger charge is 2.38. The predicted octanol–water partition coefficient (Wildman–Crippen LogP) is 4.82. The lowest BCUT2D eigenvalue weighted by molar-refractivity contribution is -0.115. The molecule has 0 saturated carbocycles. The van der Waals surface area contributed by atoms with Gasteiger partial charge in [-0.1, -0.05) is 40.7 Å². The first-order valence-corrected chi connectivity index (χ1v) is 10.8. The number of carbonyl (C=O) groups is 1. The van der Waals surface area contributed by atoms with E-state index in [4.69, 9.17) is 4.43 Å². The van der Waals surface area contributed by atoms with E-state index in [0.717, 1.165) is 13.0 Å². The van der Waals surface area contributed by atoms with E-state index < -0.39 is 8.32 Å². The highest BCUT2D eigenvalue weighted by Crippen LogP contribution is 2.38. The van der Waals surface area contributed by atoms with Gasteiger partial charge in [0.25, 0.3) is 0 Å². The topological polar surface area (TPSA) is 26.3 Å². The summed E-state index contributed by atoms with van der Waals surface area (Å²) in [6.45, 7) is 16.8. The Morgan fingerprint density at radius 2 is 1.95 bits per heavy atom. The molecule has 0 radical (unpaired) electrons. The van der Waals surface area contributed by atoms with Crippen molar-refractivity contribution in [2.75, 3.05) is 6.61 Å². The van der Waals surface area contributed by atoms with Gasteiger partial charge in [0.05, 0.1) is 0 Å². The van der Waals surface area contributed by atoms with Crippen molar-refractivity contribution in [2.45, 2.75) is 65.6 Å². The third-order valence-electron chi connectivity index (χ3n) is 5.10. The van der Waals surface area contributed by atoms with Gasteiger partial charge >= 0.3 is 0 Å². The molecule has 0 fully saturated rings. The summed E-state index contributed by atoms with van der Waals surface area (Å²) in [5.41, 5.74) is 0. The van der Waals surface area contributed by atoms with Crippen molar-refractivity contribution < 1.29 is 9.22 Å². The molecule has 0 spiro atoms. The number of hydrogen-bond acceptors (Lipinski definition) is 2. The van der Waals surface area contributed by atoms with Crippen LogP contribution in [0.1, 0.15) is 47.5 Å². The average molecular weight is 297 g/mol. The van der Waals surface area contributed by atoms with Crippen LogP contribution in [0.15, 0.2) is 12.2 Å². The van der Waals surface area contributed by atoms with Crippen LogP contribution < -0.4 is 0 Å². The first-order valence-electron chi connectivity index (χ1n) is 7.89. The summed E-state index contributed by atoms with van der Waals surface area (Å²) in [6, 6.07) is 0. The second-order valence-corrected chi connectivity index (χ2v) is 12.8. The third kappa shape index (κ3) is 4.56. The Hall–Kier alpha value is -0.413. The molecule has 0 aromatic heterocycles. The van der Waals surface area contributed by atoms with E-state index >= 15 is 0 Å². The Bertz CT molecular complexity index is 364. The molecule has 1 aliphatic rings. The van der Waals surface area contributed by atoms with Gasteiger partial charge in [-0.05, 0) is 48.4 Å². The normalized spacial score (nSPS) is 22.4. The maximum atomic E-state index is 11.3. The molecule has 2 atom stereocenters. The van der Waals surface area contributed by atoms with E-state index in [1.807, 2.05) is 0 Å². The molecule has 0 bridgehead atoms. The van der Waals surface area contributed by atoms with Crippen molar-refractivity contribution in [3.8, 4) is 0 Å². The Balaban J connectivity index is 2.70. The minimum absolute atomic E-state index is 0.257. The van der Waals surface area contributed by atoms with Crippen LogP contribution in [0, 0.1) is 17.8 Å². The minimum atomic E-state index is -1.68. The maximum Gasteiger partial charge on any atom is 0.191 e. The molecule has 2 nitrogen and oxygen atoms in total. The number of carbonyl (C=O) groups excluding carboxylic acids is 1. The summed E-state index contributed by atoms with van der Waals surface area (Å²) < 4.78 is 6.42. The van der Waals surface area contributed by atoms with Crippen LogP contribution in [0.4, 0.5) is 0 Å². The highest BCUT2D eigenvalue weighted by molar-refractivity contribution is 6.74. The fourth-order valence-corrected chi connectivity index (χ4v) is 3.45. The summed E-state index contributed by atoms with van der Waals surface area (Å²) in [5, 5.41) is 0.257. The molecule has 3 heteroatoms. The first kappa shape index (κ1) is 17.6. The Morgan fingerprint density at radius 1 is 1.35 bits per heavy atom. The van der Waals surface area contributed by atoms with E-state index in [2.05, 4.69) is 53.8 Å². The fraction of sp³-hybridized carbons (Fsp3) is 0.824. The standard InChI is InChI=1S/C17H32O2Si/c1-13(2)16(14-8-10-15(18)11-9-14)12-19-20(6,7)17(3,4)5/h8,10,13-14,16H,9,11-12H2,1-7H3/t14-,16-/m1/s1. The zero-order chi connectivity index (χ0) is 15.6.